The number of rotatable bonds is 6. The molecule has 4 bridgehead atoms. The van der Waals surface area contributed by atoms with E-state index in [2.05, 4.69) is 10.3 Å². The van der Waals surface area contributed by atoms with E-state index in [0.717, 1.165) is 34.9 Å². The van der Waals surface area contributed by atoms with Crippen LogP contribution < -0.4 is 5.32 Å². The molecule has 2 aromatic rings. The van der Waals surface area contributed by atoms with Gasteiger partial charge in [-0.3, -0.25) is 4.79 Å². The summed E-state index contributed by atoms with van der Waals surface area (Å²) in [7, 11) is 0. The molecule has 0 unspecified atom stereocenters. The van der Waals surface area contributed by atoms with Crippen molar-refractivity contribution < 1.29 is 9.21 Å². The highest BCUT2D eigenvalue weighted by Crippen LogP contribution is 2.53. The van der Waals surface area contributed by atoms with Crippen molar-refractivity contribution in [2.45, 2.75) is 43.9 Å². The topological polar surface area (TPSA) is 55.1 Å². The van der Waals surface area contributed by atoms with Crippen molar-refractivity contribution >= 4 is 17.7 Å². The number of nitrogens with zero attached hydrogens (tertiary/aromatic N) is 1. The second-order valence-corrected chi connectivity index (χ2v) is 9.51. The van der Waals surface area contributed by atoms with Crippen molar-refractivity contribution in [3.05, 3.63) is 42.3 Å². The van der Waals surface area contributed by atoms with E-state index >= 15 is 0 Å². The molecule has 0 aliphatic heterocycles. The van der Waals surface area contributed by atoms with Crippen LogP contribution in [0.2, 0.25) is 0 Å². The summed E-state index contributed by atoms with van der Waals surface area (Å²) in [5.74, 6) is 5.38. The summed E-state index contributed by atoms with van der Waals surface area (Å²) in [6, 6.07) is 10.3. The Balaban J connectivity index is 1.11. The van der Waals surface area contributed by atoms with Gasteiger partial charge in [-0.1, -0.05) is 18.2 Å². The first-order valence-electron chi connectivity index (χ1n) is 10.1. The zero-order valence-corrected chi connectivity index (χ0v) is 16.3. The molecule has 0 atom stereocenters. The summed E-state index contributed by atoms with van der Waals surface area (Å²) in [5, 5.41) is 3.38. The van der Waals surface area contributed by atoms with Crippen LogP contribution in [0.15, 0.2) is 41.0 Å². The Morgan fingerprint density at radius 1 is 1.07 bits per heavy atom. The number of amides is 1. The number of thioether (sulfide) groups is 1. The first-order valence-corrected chi connectivity index (χ1v) is 11.3. The minimum Gasteiger partial charge on any atom is -0.444 e. The van der Waals surface area contributed by atoms with E-state index < -0.39 is 0 Å². The standard InChI is InChI=1S/C22H26N2O2S/c25-20(24-21-17-7-14-6-15(9-17)10-18(21)8-14)13-27-12-19-11-26-22(23-19)16-4-2-1-3-5-16/h1-5,11,14-15,17-18,21H,6-10,12-13H2,(H,24,25). The Labute approximate surface area is 164 Å². The number of nitrogens with one attached hydrogen (secondary N) is 1. The van der Waals surface area contributed by atoms with Gasteiger partial charge in [-0.25, -0.2) is 4.98 Å². The van der Waals surface area contributed by atoms with Crippen LogP contribution in [-0.4, -0.2) is 22.7 Å². The van der Waals surface area contributed by atoms with E-state index in [4.69, 9.17) is 4.42 Å². The minimum absolute atomic E-state index is 0.184. The first-order chi connectivity index (χ1) is 13.2. The van der Waals surface area contributed by atoms with E-state index in [9.17, 15) is 4.79 Å². The lowest BCUT2D eigenvalue weighted by molar-refractivity contribution is -0.122. The molecule has 27 heavy (non-hydrogen) atoms. The van der Waals surface area contributed by atoms with Crippen molar-refractivity contribution in [2.75, 3.05) is 5.75 Å². The minimum atomic E-state index is 0.184. The van der Waals surface area contributed by atoms with Crippen LogP contribution in [0.1, 0.15) is 37.8 Å². The molecule has 0 radical (unpaired) electrons. The van der Waals surface area contributed by atoms with Crippen LogP contribution in [0, 0.1) is 23.7 Å². The lowest BCUT2D eigenvalue weighted by Gasteiger charge is -2.54. The second-order valence-electron chi connectivity index (χ2n) is 8.53. The zero-order valence-electron chi connectivity index (χ0n) is 15.5. The van der Waals surface area contributed by atoms with Gasteiger partial charge in [-0.05, 0) is 67.9 Å². The SMILES string of the molecule is O=C(CSCc1coc(-c2ccccc2)n1)NC1C2CC3CC(C2)CC1C3. The van der Waals surface area contributed by atoms with Crippen molar-refractivity contribution in [1.82, 2.24) is 10.3 Å². The molecule has 1 aromatic carbocycles. The number of hydrogen-bond donors (Lipinski definition) is 1. The molecule has 5 heteroatoms. The average molecular weight is 383 g/mol. The normalized spacial score (nSPS) is 31.2. The molecular weight excluding hydrogens is 356 g/mol. The third-order valence-electron chi connectivity index (χ3n) is 6.61. The molecule has 4 saturated carbocycles. The fourth-order valence-electron chi connectivity index (χ4n) is 5.72. The smallest absolute Gasteiger partial charge is 0.230 e. The Bertz CT molecular complexity index is 776. The van der Waals surface area contributed by atoms with Gasteiger partial charge in [-0.2, -0.15) is 0 Å². The summed E-state index contributed by atoms with van der Waals surface area (Å²) in [5.41, 5.74) is 1.87. The number of carbonyl (C=O) groups excluding carboxylic acids is 1. The maximum absolute atomic E-state index is 12.5. The summed E-state index contributed by atoms with van der Waals surface area (Å²) in [4.78, 5) is 17.0. The fourth-order valence-corrected chi connectivity index (χ4v) is 6.44. The van der Waals surface area contributed by atoms with Crippen LogP contribution in [0.5, 0.6) is 0 Å². The van der Waals surface area contributed by atoms with Gasteiger partial charge in [0.2, 0.25) is 11.8 Å². The molecule has 1 N–H and O–H groups in total. The average Bonchev–Trinajstić information content (AvgIpc) is 3.14. The van der Waals surface area contributed by atoms with Crippen molar-refractivity contribution in [3.63, 3.8) is 0 Å². The third kappa shape index (κ3) is 3.66. The van der Waals surface area contributed by atoms with Crippen LogP contribution in [0.4, 0.5) is 0 Å². The lowest BCUT2D eigenvalue weighted by atomic mass is 9.54. The van der Waals surface area contributed by atoms with Gasteiger partial charge < -0.3 is 9.73 Å². The number of carbonyl (C=O) groups is 1. The number of hydrogen-bond acceptors (Lipinski definition) is 4. The number of benzene rings is 1. The summed E-state index contributed by atoms with van der Waals surface area (Å²) < 4.78 is 5.57. The Morgan fingerprint density at radius 3 is 2.48 bits per heavy atom. The van der Waals surface area contributed by atoms with Gasteiger partial charge in [0.1, 0.15) is 6.26 Å². The molecule has 4 aliphatic rings. The van der Waals surface area contributed by atoms with Crippen molar-refractivity contribution in [3.8, 4) is 11.5 Å². The van der Waals surface area contributed by atoms with Gasteiger partial charge in [0.25, 0.3) is 0 Å². The van der Waals surface area contributed by atoms with Crippen LogP contribution >= 0.6 is 11.8 Å². The summed E-state index contributed by atoms with van der Waals surface area (Å²) >= 11 is 1.61. The molecule has 4 aliphatic carbocycles. The van der Waals surface area contributed by atoms with Crippen LogP contribution in [-0.2, 0) is 10.5 Å². The highest BCUT2D eigenvalue weighted by Gasteiger charge is 2.48. The van der Waals surface area contributed by atoms with E-state index in [1.807, 2.05) is 30.3 Å². The molecule has 4 fully saturated rings. The molecule has 6 rings (SSSR count). The predicted molar refractivity (Wildman–Crippen MR) is 107 cm³/mol. The molecule has 142 valence electrons. The van der Waals surface area contributed by atoms with Crippen LogP contribution in [0.25, 0.3) is 11.5 Å². The van der Waals surface area contributed by atoms with Gasteiger partial charge in [0.05, 0.1) is 11.4 Å². The third-order valence-corrected chi connectivity index (χ3v) is 7.58. The molecule has 1 amide bonds. The fraction of sp³-hybridized carbons (Fsp3) is 0.545. The van der Waals surface area contributed by atoms with E-state index in [1.165, 1.54) is 32.1 Å². The van der Waals surface area contributed by atoms with Gasteiger partial charge in [0.15, 0.2) is 0 Å². The van der Waals surface area contributed by atoms with E-state index in [-0.39, 0.29) is 5.91 Å². The van der Waals surface area contributed by atoms with Crippen LogP contribution in [0.3, 0.4) is 0 Å². The van der Waals surface area contributed by atoms with E-state index in [0.29, 0.717) is 23.4 Å². The largest absolute Gasteiger partial charge is 0.444 e. The first kappa shape index (κ1) is 17.4. The number of oxazole rings is 1. The molecule has 0 saturated heterocycles. The second kappa shape index (κ2) is 7.34. The van der Waals surface area contributed by atoms with Gasteiger partial charge in [-0.15, -0.1) is 11.8 Å². The highest BCUT2D eigenvalue weighted by atomic mass is 32.2. The Kier molecular flexibility index (Phi) is 4.72. The molecule has 1 aromatic heterocycles. The monoisotopic (exact) mass is 382 g/mol. The Hall–Kier alpha value is -1.75. The quantitative estimate of drug-likeness (QED) is 0.798. The molecule has 4 nitrogen and oxygen atoms in total. The molecule has 0 spiro atoms. The van der Waals surface area contributed by atoms with Crippen molar-refractivity contribution in [1.29, 1.82) is 0 Å². The maximum Gasteiger partial charge on any atom is 0.230 e. The zero-order chi connectivity index (χ0) is 18.2. The molecule has 1 heterocycles. The highest BCUT2D eigenvalue weighted by molar-refractivity contribution is 7.99. The summed E-state index contributed by atoms with van der Waals surface area (Å²) in [6.45, 7) is 0. The lowest BCUT2D eigenvalue weighted by Crippen LogP contribution is -2.56. The summed E-state index contributed by atoms with van der Waals surface area (Å²) in [6.07, 6.45) is 8.51. The van der Waals surface area contributed by atoms with Gasteiger partial charge >= 0.3 is 0 Å². The van der Waals surface area contributed by atoms with Gasteiger partial charge in [0, 0.05) is 17.4 Å². The Morgan fingerprint density at radius 2 is 1.78 bits per heavy atom. The van der Waals surface area contributed by atoms with Crippen molar-refractivity contribution in [2.24, 2.45) is 23.7 Å². The predicted octanol–water partition coefficient (Wildman–Crippen LogP) is 4.52. The van der Waals surface area contributed by atoms with E-state index in [1.54, 1.807) is 18.0 Å². The number of aromatic nitrogens is 1. The molecular formula is C22H26N2O2S. The maximum atomic E-state index is 12.5.